The number of halogens is 1. The molecule has 0 aliphatic rings. The molecule has 110 valence electrons. The molecule has 0 aliphatic heterocycles. The Morgan fingerprint density at radius 1 is 1.52 bits per heavy atom. The maximum atomic E-state index is 13.9. The summed E-state index contributed by atoms with van der Waals surface area (Å²) in [6, 6.07) is 4.69. The predicted octanol–water partition coefficient (Wildman–Crippen LogP) is 3.32. The number of carboxylic acid groups (broad SMARTS) is 1. The number of nitrogens with zero attached hydrogens (tertiary/aromatic N) is 2. The molecule has 0 spiro atoms. The molecule has 0 saturated heterocycles. The number of benzene rings is 1. The van der Waals surface area contributed by atoms with Crippen molar-refractivity contribution in [1.29, 1.82) is 0 Å². The van der Waals surface area contributed by atoms with Crippen molar-refractivity contribution >= 4 is 29.1 Å². The molecule has 1 aromatic heterocycles. The number of anilines is 1. The van der Waals surface area contributed by atoms with Gasteiger partial charge in [0.15, 0.2) is 0 Å². The van der Waals surface area contributed by atoms with E-state index in [1.165, 1.54) is 12.1 Å². The van der Waals surface area contributed by atoms with Crippen LogP contribution in [-0.4, -0.2) is 23.1 Å². The third kappa shape index (κ3) is 3.66. The minimum atomic E-state index is -1.11. The molecule has 0 radical (unpaired) electrons. The number of aliphatic carboxylic acids is 1. The summed E-state index contributed by atoms with van der Waals surface area (Å²) < 4.78 is 13.9. The van der Waals surface area contributed by atoms with E-state index < -0.39 is 11.8 Å². The van der Waals surface area contributed by atoms with Gasteiger partial charge in [-0.3, -0.25) is 0 Å². The van der Waals surface area contributed by atoms with Gasteiger partial charge in [-0.2, -0.15) is 0 Å². The standard InChI is InChI=1S/C15H15FN2O2S/c1-10-14(21-9-17-10)8-18(2)13-5-3-4-12(16)11(13)6-7-15(19)20/h3-7,9H,8H2,1-2H3,(H,19,20)/b7-6+. The number of carboxylic acids is 1. The van der Waals surface area contributed by atoms with E-state index in [1.54, 1.807) is 29.0 Å². The minimum Gasteiger partial charge on any atom is -0.478 e. The van der Waals surface area contributed by atoms with Gasteiger partial charge in [0.25, 0.3) is 0 Å². The number of aryl methyl sites for hydroxylation is 1. The van der Waals surface area contributed by atoms with Gasteiger partial charge in [-0.1, -0.05) is 6.07 Å². The molecule has 1 heterocycles. The normalized spacial score (nSPS) is 11.0. The summed E-state index contributed by atoms with van der Waals surface area (Å²) in [5.41, 5.74) is 3.63. The maximum Gasteiger partial charge on any atom is 0.328 e. The number of thiazole rings is 1. The molecule has 1 aromatic carbocycles. The summed E-state index contributed by atoms with van der Waals surface area (Å²) in [5.74, 6) is -1.55. The number of hydrogen-bond donors (Lipinski definition) is 1. The Morgan fingerprint density at radius 3 is 2.90 bits per heavy atom. The van der Waals surface area contributed by atoms with E-state index in [1.807, 2.05) is 18.9 Å². The topological polar surface area (TPSA) is 53.4 Å². The minimum absolute atomic E-state index is 0.268. The molecule has 2 aromatic rings. The zero-order valence-electron chi connectivity index (χ0n) is 11.7. The quantitative estimate of drug-likeness (QED) is 0.861. The maximum absolute atomic E-state index is 13.9. The Bertz CT molecular complexity index is 682. The zero-order chi connectivity index (χ0) is 15.4. The molecular weight excluding hydrogens is 291 g/mol. The number of rotatable bonds is 5. The second kappa shape index (κ2) is 6.49. The highest BCUT2D eigenvalue weighted by molar-refractivity contribution is 7.09. The van der Waals surface area contributed by atoms with Gasteiger partial charge in [-0.15, -0.1) is 11.3 Å². The highest BCUT2D eigenvalue weighted by atomic mass is 32.1. The van der Waals surface area contributed by atoms with Crippen LogP contribution in [0.2, 0.25) is 0 Å². The fourth-order valence-corrected chi connectivity index (χ4v) is 2.79. The van der Waals surface area contributed by atoms with Crippen LogP contribution in [-0.2, 0) is 11.3 Å². The van der Waals surface area contributed by atoms with E-state index in [0.29, 0.717) is 12.2 Å². The first kappa shape index (κ1) is 15.2. The fraction of sp³-hybridized carbons (Fsp3) is 0.200. The Morgan fingerprint density at radius 2 is 2.29 bits per heavy atom. The smallest absolute Gasteiger partial charge is 0.328 e. The first-order valence-corrected chi connectivity index (χ1v) is 7.16. The molecule has 1 N–H and O–H groups in total. The van der Waals surface area contributed by atoms with Gasteiger partial charge in [0.2, 0.25) is 0 Å². The predicted molar refractivity (Wildman–Crippen MR) is 82.0 cm³/mol. The lowest BCUT2D eigenvalue weighted by atomic mass is 10.1. The van der Waals surface area contributed by atoms with Crippen molar-refractivity contribution in [3.8, 4) is 0 Å². The SMILES string of the molecule is Cc1ncsc1CN(C)c1cccc(F)c1/C=C/C(=O)O. The van der Waals surface area contributed by atoms with Crippen LogP contribution in [0.3, 0.4) is 0 Å². The van der Waals surface area contributed by atoms with E-state index in [4.69, 9.17) is 5.11 Å². The van der Waals surface area contributed by atoms with Crippen molar-refractivity contribution < 1.29 is 14.3 Å². The third-order valence-corrected chi connectivity index (χ3v) is 3.98. The van der Waals surface area contributed by atoms with Gasteiger partial charge in [0, 0.05) is 29.3 Å². The first-order chi connectivity index (χ1) is 9.99. The van der Waals surface area contributed by atoms with Crippen molar-refractivity contribution in [3.05, 3.63) is 51.7 Å². The average Bonchev–Trinajstić information content (AvgIpc) is 2.82. The molecule has 4 nitrogen and oxygen atoms in total. The zero-order valence-corrected chi connectivity index (χ0v) is 12.5. The molecule has 21 heavy (non-hydrogen) atoms. The van der Waals surface area contributed by atoms with E-state index in [0.717, 1.165) is 16.6 Å². The van der Waals surface area contributed by atoms with Crippen LogP contribution in [0.4, 0.5) is 10.1 Å². The molecule has 0 fully saturated rings. The van der Waals surface area contributed by atoms with Crippen LogP contribution in [0.1, 0.15) is 16.1 Å². The lowest BCUT2D eigenvalue weighted by molar-refractivity contribution is -0.131. The van der Waals surface area contributed by atoms with E-state index in [-0.39, 0.29) is 5.56 Å². The lowest BCUT2D eigenvalue weighted by Gasteiger charge is -2.21. The third-order valence-electron chi connectivity index (χ3n) is 3.06. The Kier molecular flexibility index (Phi) is 4.70. The van der Waals surface area contributed by atoms with Gasteiger partial charge in [-0.05, 0) is 25.1 Å². The Balaban J connectivity index is 2.32. The number of carbonyl (C=O) groups is 1. The van der Waals surface area contributed by atoms with Crippen LogP contribution in [0.25, 0.3) is 6.08 Å². The molecule has 0 atom stereocenters. The van der Waals surface area contributed by atoms with E-state index >= 15 is 0 Å². The fourth-order valence-electron chi connectivity index (χ4n) is 1.96. The summed E-state index contributed by atoms with van der Waals surface area (Å²) in [7, 11) is 1.84. The van der Waals surface area contributed by atoms with Crippen molar-refractivity contribution in [1.82, 2.24) is 4.98 Å². The molecular formula is C15H15FN2O2S. The average molecular weight is 306 g/mol. The van der Waals surface area contributed by atoms with Crippen LogP contribution in [0.5, 0.6) is 0 Å². The summed E-state index contributed by atoms with van der Waals surface area (Å²) in [5, 5.41) is 8.71. The van der Waals surface area contributed by atoms with Crippen molar-refractivity contribution in [2.24, 2.45) is 0 Å². The lowest BCUT2D eigenvalue weighted by Crippen LogP contribution is -2.17. The van der Waals surface area contributed by atoms with Crippen molar-refractivity contribution in [3.63, 3.8) is 0 Å². The summed E-state index contributed by atoms with van der Waals surface area (Å²) in [4.78, 5) is 17.8. The summed E-state index contributed by atoms with van der Waals surface area (Å²) in [6.45, 7) is 2.52. The molecule has 6 heteroatoms. The highest BCUT2D eigenvalue weighted by Crippen LogP contribution is 2.26. The van der Waals surface area contributed by atoms with Gasteiger partial charge < -0.3 is 10.0 Å². The monoisotopic (exact) mass is 306 g/mol. The molecule has 0 aliphatic carbocycles. The van der Waals surface area contributed by atoms with Crippen LogP contribution >= 0.6 is 11.3 Å². The van der Waals surface area contributed by atoms with Gasteiger partial charge >= 0.3 is 5.97 Å². The van der Waals surface area contributed by atoms with Crippen molar-refractivity contribution in [2.45, 2.75) is 13.5 Å². The first-order valence-electron chi connectivity index (χ1n) is 6.28. The second-order valence-corrected chi connectivity index (χ2v) is 5.50. The molecule has 0 saturated carbocycles. The Hall–Kier alpha value is -2.21. The van der Waals surface area contributed by atoms with Gasteiger partial charge in [-0.25, -0.2) is 14.2 Å². The molecule has 0 unspecified atom stereocenters. The van der Waals surface area contributed by atoms with Crippen molar-refractivity contribution in [2.75, 3.05) is 11.9 Å². The number of aromatic nitrogens is 1. The molecule has 0 amide bonds. The largest absolute Gasteiger partial charge is 0.478 e. The summed E-state index contributed by atoms with van der Waals surface area (Å²) in [6.07, 6.45) is 2.22. The van der Waals surface area contributed by atoms with Crippen LogP contribution < -0.4 is 4.90 Å². The van der Waals surface area contributed by atoms with Gasteiger partial charge in [0.1, 0.15) is 5.82 Å². The molecule has 2 rings (SSSR count). The second-order valence-electron chi connectivity index (χ2n) is 4.56. The van der Waals surface area contributed by atoms with Gasteiger partial charge in [0.05, 0.1) is 17.7 Å². The molecule has 0 bridgehead atoms. The van der Waals surface area contributed by atoms with E-state index in [2.05, 4.69) is 4.98 Å². The Labute approximate surface area is 126 Å². The highest BCUT2D eigenvalue weighted by Gasteiger charge is 2.12. The number of hydrogen-bond acceptors (Lipinski definition) is 4. The van der Waals surface area contributed by atoms with Crippen LogP contribution in [0.15, 0.2) is 29.8 Å². The van der Waals surface area contributed by atoms with Crippen LogP contribution in [0, 0.1) is 12.7 Å². The summed E-state index contributed by atoms with van der Waals surface area (Å²) >= 11 is 1.54. The van der Waals surface area contributed by atoms with E-state index in [9.17, 15) is 9.18 Å².